The number of nitrogens with one attached hydrogen (secondary N) is 1. The molecule has 26 heavy (non-hydrogen) atoms. The standard InChI is InChI=1S/C18H18ClN3O4/c1-22(2)17(24)11-3-6-13(7-4-11)21-16(23)10-26-18(25)14-9-12(19)5-8-15(14)20/h3-9H,10,20H2,1-2H3,(H,21,23). The van der Waals surface area contributed by atoms with Crippen molar-refractivity contribution in [2.24, 2.45) is 0 Å². The molecule has 0 heterocycles. The van der Waals surface area contributed by atoms with Crippen molar-refractivity contribution in [3.63, 3.8) is 0 Å². The zero-order valence-corrected chi connectivity index (χ0v) is 15.0. The molecule has 2 amide bonds. The second-order valence-corrected chi connectivity index (χ2v) is 6.07. The molecule has 0 bridgehead atoms. The molecule has 0 spiro atoms. The maximum Gasteiger partial charge on any atom is 0.340 e. The van der Waals surface area contributed by atoms with E-state index in [1.54, 1.807) is 44.4 Å². The van der Waals surface area contributed by atoms with Crippen LogP contribution in [0.2, 0.25) is 5.02 Å². The second-order valence-electron chi connectivity index (χ2n) is 5.63. The molecule has 7 nitrogen and oxygen atoms in total. The average Bonchev–Trinajstić information content (AvgIpc) is 2.61. The van der Waals surface area contributed by atoms with Crippen molar-refractivity contribution in [2.45, 2.75) is 0 Å². The summed E-state index contributed by atoms with van der Waals surface area (Å²) in [5.41, 5.74) is 6.96. The number of amides is 2. The highest BCUT2D eigenvalue weighted by Crippen LogP contribution is 2.18. The first-order chi connectivity index (χ1) is 12.3. The van der Waals surface area contributed by atoms with E-state index in [1.165, 1.54) is 17.0 Å². The molecule has 2 aromatic rings. The number of ether oxygens (including phenoxy) is 1. The van der Waals surface area contributed by atoms with E-state index in [-0.39, 0.29) is 17.2 Å². The van der Waals surface area contributed by atoms with E-state index in [1.807, 2.05) is 0 Å². The third-order valence-electron chi connectivity index (χ3n) is 3.39. The lowest BCUT2D eigenvalue weighted by atomic mass is 10.2. The highest BCUT2D eigenvalue weighted by Gasteiger charge is 2.14. The smallest absolute Gasteiger partial charge is 0.340 e. The van der Waals surface area contributed by atoms with Gasteiger partial charge in [0.1, 0.15) is 0 Å². The molecule has 136 valence electrons. The van der Waals surface area contributed by atoms with Gasteiger partial charge in [0.15, 0.2) is 6.61 Å². The van der Waals surface area contributed by atoms with Crippen LogP contribution in [-0.4, -0.2) is 43.4 Å². The highest BCUT2D eigenvalue weighted by molar-refractivity contribution is 6.31. The molecule has 0 aromatic heterocycles. The predicted octanol–water partition coefficient (Wildman–Crippen LogP) is 2.42. The number of nitrogen functional groups attached to an aromatic ring is 1. The van der Waals surface area contributed by atoms with Crippen molar-refractivity contribution in [3.05, 3.63) is 58.6 Å². The van der Waals surface area contributed by atoms with E-state index in [9.17, 15) is 14.4 Å². The molecule has 0 fully saturated rings. The monoisotopic (exact) mass is 375 g/mol. The summed E-state index contributed by atoms with van der Waals surface area (Å²) in [6.07, 6.45) is 0. The Morgan fingerprint density at radius 3 is 2.38 bits per heavy atom. The first-order valence-corrected chi connectivity index (χ1v) is 7.99. The van der Waals surface area contributed by atoms with Crippen molar-refractivity contribution in [3.8, 4) is 0 Å². The van der Waals surface area contributed by atoms with Gasteiger partial charge in [-0.3, -0.25) is 9.59 Å². The fraction of sp³-hybridized carbons (Fsp3) is 0.167. The van der Waals surface area contributed by atoms with Crippen molar-refractivity contribution >= 4 is 40.8 Å². The number of anilines is 2. The molecule has 0 saturated heterocycles. The Kier molecular flexibility index (Phi) is 6.19. The number of halogens is 1. The van der Waals surface area contributed by atoms with Crippen molar-refractivity contribution in [1.29, 1.82) is 0 Å². The predicted molar refractivity (Wildman–Crippen MR) is 99.2 cm³/mol. The minimum atomic E-state index is -0.743. The fourth-order valence-corrected chi connectivity index (χ4v) is 2.24. The number of nitrogens with zero attached hydrogens (tertiary/aromatic N) is 1. The van der Waals surface area contributed by atoms with E-state index in [0.29, 0.717) is 16.3 Å². The fourth-order valence-electron chi connectivity index (χ4n) is 2.07. The van der Waals surface area contributed by atoms with Crippen LogP contribution in [-0.2, 0) is 9.53 Å². The highest BCUT2D eigenvalue weighted by atomic mass is 35.5. The van der Waals surface area contributed by atoms with Gasteiger partial charge in [0, 0.05) is 36.1 Å². The molecule has 0 radical (unpaired) electrons. The van der Waals surface area contributed by atoms with Gasteiger partial charge in [-0.15, -0.1) is 0 Å². The summed E-state index contributed by atoms with van der Waals surface area (Å²) in [6.45, 7) is -0.483. The van der Waals surface area contributed by atoms with Gasteiger partial charge in [-0.05, 0) is 42.5 Å². The lowest BCUT2D eigenvalue weighted by Crippen LogP contribution is -2.22. The molecular formula is C18H18ClN3O4. The lowest BCUT2D eigenvalue weighted by molar-refractivity contribution is -0.119. The van der Waals surface area contributed by atoms with Gasteiger partial charge in [-0.25, -0.2) is 4.79 Å². The summed E-state index contributed by atoms with van der Waals surface area (Å²) in [5.74, 6) is -1.41. The zero-order valence-electron chi connectivity index (χ0n) is 14.3. The molecule has 0 aliphatic carbocycles. The van der Waals surface area contributed by atoms with Gasteiger partial charge in [0.25, 0.3) is 11.8 Å². The Bertz CT molecular complexity index is 835. The number of rotatable bonds is 5. The Labute approximate surface area is 155 Å². The van der Waals surface area contributed by atoms with Gasteiger partial charge in [-0.2, -0.15) is 0 Å². The minimum Gasteiger partial charge on any atom is -0.452 e. The SMILES string of the molecule is CN(C)C(=O)c1ccc(NC(=O)COC(=O)c2cc(Cl)ccc2N)cc1. The molecule has 0 saturated carbocycles. The van der Waals surface area contributed by atoms with Gasteiger partial charge < -0.3 is 20.7 Å². The van der Waals surface area contributed by atoms with Gasteiger partial charge in [0.2, 0.25) is 0 Å². The zero-order chi connectivity index (χ0) is 19.3. The van der Waals surface area contributed by atoms with E-state index in [2.05, 4.69) is 5.32 Å². The number of carbonyl (C=O) groups is 3. The van der Waals surface area contributed by atoms with Crippen molar-refractivity contribution in [1.82, 2.24) is 4.90 Å². The molecule has 0 atom stereocenters. The molecule has 0 unspecified atom stereocenters. The van der Waals surface area contributed by atoms with Gasteiger partial charge in [0.05, 0.1) is 5.56 Å². The first kappa shape index (κ1) is 19.3. The van der Waals surface area contributed by atoms with Gasteiger partial charge in [-0.1, -0.05) is 11.6 Å². The number of nitrogens with two attached hydrogens (primary N) is 1. The maximum atomic E-state index is 12.0. The van der Waals surface area contributed by atoms with Crippen LogP contribution in [0.5, 0.6) is 0 Å². The third-order valence-corrected chi connectivity index (χ3v) is 3.63. The minimum absolute atomic E-state index is 0.0943. The molecule has 2 rings (SSSR count). The summed E-state index contributed by atoms with van der Waals surface area (Å²) >= 11 is 5.82. The van der Waals surface area contributed by atoms with E-state index < -0.39 is 18.5 Å². The van der Waals surface area contributed by atoms with Crippen LogP contribution in [0.15, 0.2) is 42.5 Å². The van der Waals surface area contributed by atoms with Crippen molar-refractivity contribution in [2.75, 3.05) is 31.8 Å². The van der Waals surface area contributed by atoms with E-state index in [0.717, 1.165) is 0 Å². The molecule has 0 aliphatic heterocycles. The van der Waals surface area contributed by atoms with E-state index in [4.69, 9.17) is 22.1 Å². The number of esters is 1. The Morgan fingerprint density at radius 1 is 1.12 bits per heavy atom. The Balaban J connectivity index is 1.91. The summed E-state index contributed by atoms with van der Waals surface area (Å²) < 4.78 is 4.94. The number of carbonyl (C=O) groups excluding carboxylic acids is 3. The number of hydrogen-bond acceptors (Lipinski definition) is 5. The third kappa shape index (κ3) is 4.97. The molecule has 8 heteroatoms. The number of benzene rings is 2. The van der Waals surface area contributed by atoms with Crippen molar-refractivity contribution < 1.29 is 19.1 Å². The van der Waals surface area contributed by atoms with Crippen LogP contribution in [0.3, 0.4) is 0 Å². The summed E-state index contributed by atoms with van der Waals surface area (Å²) in [5, 5.41) is 2.91. The first-order valence-electron chi connectivity index (χ1n) is 7.61. The maximum absolute atomic E-state index is 12.0. The topological polar surface area (TPSA) is 102 Å². The normalized spacial score (nSPS) is 10.1. The van der Waals surface area contributed by atoms with Crippen LogP contribution in [0, 0.1) is 0 Å². The van der Waals surface area contributed by atoms with Crippen LogP contribution < -0.4 is 11.1 Å². The average molecular weight is 376 g/mol. The van der Waals surface area contributed by atoms with Crippen LogP contribution in [0.25, 0.3) is 0 Å². The molecule has 2 aromatic carbocycles. The molecular weight excluding hydrogens is 358 g/mol. The Morgan fingerprint density at radius 2 is 1.77 bits per heavy atom. The summed E-state index contributed by atoms with van der Waals surface area (Å²) in [6, 6.07) is 10.8. The van der Waals surface area contributed by atoms with Gasteiger partial charge >= 0.3 is 5.97 Å². The molecule has 3 N–H and O–H groups in total. The quantitative estimate of drug-likeness (QED) is 0.617. The Hall–Kier alpha value is -3.06. The lowest BCUT2D eigenvalue weighted by Gasteiger charge is -2.11. The summed E-state index contributed by atoms with van der Waals surface area (Å²) in [7, 11) is 3.30. The van der Waals surface area contributed by atoms with E-state index >= 15 is 0 Å². The largest absolute Gasteiger partial charge is 0.452 e. The van der Waals surface area contributed by atoms with Crippen LogP contribution in [0.1, 0.15) is 20.7 Å². The molecule has 0 aliphatic rings. The second kappa shape index (κ2) is 8.35. The van der Waals surface area contributed by atoms with Crippen LogP contribution in [0.4, 0.5) is 11.4 Å². The van der Waals surface area contributed by atoms with Crippen LogP contribution >= 0.6 is 11.6 Å². The number of hydrogen-bond donors (Lipinski definition) is 2. The summed E-state index contributed by atoms with van der Waals surface area (Å²) in [4.78, 5) is 37.1.